The molecule has 6 heteroatoms. The summed E-state index contributed by atoms with van der Waals surface area (Å²) in [7, 11) is 0. The highest BCUT2D eigenvalue weighted by atomic mass is 19.1. The predicted molar refractivity (Wildman–Crippen MR) is 71.8 cm³/mol. The summed E-state index contributed by atoms with van der Waals surface area (Å²) in [6, 6.07) is 4.97. The van der Waals surface area contributed by atoms with Crippen LogP contribution in [0.5, 0.6) is 0 Å². The van der Waals surface area contributed by atoms with Gasteiger partial charge in [-0.3, -0.25) is 14.5 Å². The van der Waals surface area contributed by atoms with E-state index in [2.05, 4.69) is 5.32 Å². The Bertz CT molecular complexity index is 521. The van der Waals surface area contributed by atoms with E-state index in [0.29, 0.717) is 12.2 Å². The molecule has 0 radical (unpaired) electrons. The van der Waals surface area contributed by atoms with Crippen molar-refractivity contribution in [3.63, 3.8) is 0 Å². The van der Waals surface area contributed by atoms with Crippen LogP contribution in [0.3, 0.4) is 0 Å². The monoisotopic (exact) mass is 280 g/mol. The van der Waals surface area contributed by atoms with E-state index in [4.69, 9.17) is 0 Å². The topological polar surface area (TPSA) is 69.6 Å². The first-order valence-electron chi connectivity index (χ1n) is 6.49. The van der Waals surface area contributed by atoms with Gasteiger partial charge in [0.15, 0.2) is 0 Å². The molecule has 0 aromatic heterocycles. The van der Waals surface area contributed by atoms with Gasteiger partial charge in [0.25, 0.3) is 0 Å². The standard InChI is InChI=1S/C14H17FN2O3/c1-9-5-6-17(13(9)14(19)20)8-12(18)16-11-4-2-3-10(15)7-11/h2-4,7,9,13H,5-6,8H2,1H3,(H,16,18)(H,19,20). The fraction of sp³-hybridized carbons (Fsp3) is 0.429. The van der Waals surface area contributed by atoms with Gasteiger partial charge < -0.3 is 10.4 Å². The van der Waals surface area contributed by atoms with E-state index < -0.39 is 17.8 Å². The zero-order chi connectivity index (χ0) is 14.7. The van der Waals surface area contributed by atoms with Crippen molar-refractivity contribution < 1.29 is 19.1 Å². The fourth-order valence-corrected chi connectivity index (χ4v) is 2.55. The Labute approximate surface area is 116 Å². The van der Waals surface area contributed by atoms with Crippen molar-refractivity contribution in [2.24, 2.45) is 5.92 Å². The normalized spacial score (nSPS) is 22.7. The molecule has 108 valence electrons. The molecule has 2 unspecified atom stereocenters. The number of likely N-dealkylation sites (tertiary alicyclic amines) is 1. The number of amides is 1. The van der Waals surface area contributed by atoms with Crippen LogP contribution >= 0.6 is 0 Å². The Morgan fingerprint density at radius 3 is 2.90 bits per heavy atom. The van der Waals surface area contributed by atoms with Crippen molar-refractivity contribution in [1.82, 2.24) is 4.90 Å². The van der Waals surface area contributed by atoms with Crippen LogP contribution < -0.4 is 5.32 Å². The lowest BCUT2D eigenvalue weighted by atomic mass is 10.0. The molecule has 2 rings (SSSR count). The first-order chi connectivity index (χ1) is 9.47. The fourth-order valence-electron chi connectivity index (χ4n) is 2.55. The quantitative estimate of drug-likeness (QED) is 0.878. The number of carbonyl (C=O) groups excluding carboxylic acids is 1. The summed E-state index contributed by atoms with van der Waals surface area (Å²) in [5.74, 6) is -1.65. The lowest BCUT2D eigenvalue weighted by molar-refractivity contribution is -0.143. The van der Waals surface area contributed by atoms with Crippen molar-refractivity contribution in [3.05, 3.63) is 30.1 Å². The van der Waals surface area contributed by atoms with E-state index in [-0.39, 0.29) is 18.4 Å². The summed E-state index contributed by atoms with van der Waals surface area (Å²) in [5.41, 5.74) is 0.370. The second kappa shape index (κ2) is 6.00. The average molecular weight is 280 g/mol. The third-order valence-corrected chi connectivity index (χ3v) is 3.51. The molecule has 0 spiro atoms. The maximum Gasteiger partial charge on any atom is 0.321 e. The zero-order valence-corrected chi connectivity index (χ0v) is 11.2. The number of carboxylic acid groups (broad SMARTS) is 1. The Kier molecular flexibility index (Phi) is 4.34. The number of rotatable bonds is 4. The van der Waals surface area contributed by atoms with Crippen molar-refractivity contribution in [2.45, 2.75) is 19.4 Å². The van der Waals surface area contributed by atoms with Gasteiger partial charge >= 0.3 is 5.97 Å². The third kappa shape index (κ3) is 3.33. The first kappa shape index (κ1) is 14.5. The highest BCUT2D eigenvalue weighted by molar-refractivity contribution is 5.92. The molecule has 20 heavy (non-hydrogen) atoms. The lowest BCUT2D eigenvalue weighted by Crippen LogP contribution is -2.43. The second-order valence-electron chi connectivity index (χ2n) is 5.08. The molecule has 1 fully saturated rings. The molecule has 1 aromatic carbocycles. The summed E-state index contributed by atoms with van der Waals surface area (Å²) < 4.78 is 13.0. The van der Waals surface area contributed by atoms with Gasteiger partial charge in [-0.15, -0.1) is 0 Å². The molecule has 1 aliphatic rings. The highest BCUT2D eigenvalue weighted by Crippen LogP contribution is 2.23. The molecule has 5 nitrogen and oxygen atoms in total. The predicted octanol–water partition coefficient (Wildman–Crippen LogP) is 1.56. The molecule has 0 aliphatic carbocycles. The van der Waals surface area contributed by atoms with Gasteiger partial charge in [-0.05, 0) is 37.1 Å². The average Bonchev–Trinajstić information content (AvgIpc) is 2.70. The molecule has 2 N–H and O–H groups in total. The number of hydrogen-bond acceptors (Lipinski definition) is 3. The first-order valence-corrected chi connectivity index (χ1v) is 6.49. The van der Waals surface area contributed by atoms with Gasteiger partial charge in [0, 0.05) is 5.69 Å². The number of halogens is 1. The number of aliphatic carboxylic acids is 1. The maximum absolute atomic E-state index is 13.0. The van der Waals surface area contributed by atoms with Crippen molar-refractivity contribution >= 4 is 17.6 Å². The Morgan fingerprint density at radius 2 is 2.25 bits per heavy atom. The van der Waals surface area contributed by atoms with Crippen LogP contribution in [0, 0.1) is 11.7 Å². The Balaban J connectivity index is 1.96. The minimum atomic E-state index is -0.909. The van der Waals surface area contributed by atoms with Gasteiger partial charge in [-0.2, -0.15) is 0 Å². The van der Waals surface area contributed by atoms with Gasteiger partial charge in [0.2, 0.25) is 5.91 Å². The number of carboxylic acids is 1. The van der Waals surface area contributed by atoms with Crippen molar-refractivity contribution in [1.29, 1.82) is 0 Å². The van der Waals surface area contributed by atoms with Crippen LogP contribution in [0.2, 0.25) is 0 Å². The Morgan fingerprint density at radius 1 is 1.50 bits per heavy atom. The van der Waals surface area contributed by atoms with Crippen molar-refractivity contribution in [3.8, 4) is 0 Å². The number of nitrogens with one attached hydrogen (secondary N) is 1. The molecule has 1 aromatic rings. The number of benzene rings is 1. The zero-order valence-electron chi connectivity index (χ0n) is 11.2. The molecule has 1 saturated heterocycles. The van der Waals surface area contributed by atoms with Gasteiger partial charge in [-0.25, -0.2) is 4.39 Å². The third-order valence-electron chi connectivity index (χ3n) is 3.51. The van der Waals surface area contributed by atoms with Crippen LogP contribution in [0.15, 0.2) is 24.3 Å². The van der Waals surface area contributed by atoms with E-state index in [1.54, 1.807) is 11.0 Å². The molecular formula is C14H17FN2O3. The number of carbonyl (C=O) groups is 2. The highest BCUT2D eigenvalue weighted by Gasteiger charge is 2.37. The van der Waals surface area contributed by atoms with Crippen LogP contribution in [0.4, 0.5) is 10.1 Å². The van der Waals surface area contributed by atoms with Crippen LogP contribution in [-0.4, -0.2) is 41.0 Å². The maximum atomic E-state index is 13.0. The van der Waals surface area contributed by atoms with E-state index in [1.807, 2.05) is 6.92 Å². The SMILES string of the molecule is CC1CCN(CC(=O)Nc2cccc(F)c2)C1C(=O)O. The number of anilines is 1. The summed E-state index contributed by atoms with van der Waals surface area (Å²) in [6.07, 6.45) is 0.754. The summed E-state index contributed by atoms with van der Waals surface area (Å²) in [6.45, 7) is 2.44. The second-order valence-corrected chi connectivity index (χ2v) is 5.08. The van der Waals surface area contributed by atoms with E-state index in [9.17, 15) is 19.1 Å². The molecule has 1 amide bonds. The molecule has 0 bridgehead atoms. The number of nitrogens with zero attached hydrogens (tertiary/aromatic N) is 1. The largest absolute Gasteiger partial charge is 0.480 e. The van der Waals surface area contributed by atoms with E-state index in [1.165, 1.54) is 18.2 Å². The molecule has 2 atom stereocenters. The lowest BCUT2D eigenvalue weighted by Gasteiger charge is -2.22. The smallest absolute Gasteiger partial charge is 0.321 e. The van der Waals surface area contributed by atoms with E-state index in [0.717, 1.165) is 6.42 Å². The number of hydrogen-bond donors (Lipinski definition) is 2. The van der Waals surface area contributed by atoms with Crippen LogP contribution in [0.25, 0.3) is 0 Å². The van der Waals surface area contributed by atoms with Crippen LogP contribution in [0.1, 0.15) is 13.3 Å². The minimum Gasteiger partial charge on any atom is -0.480 e. The molecule has 1 aliphatic heterocycles. The van der Waals surface area contributed by atoms with E-state index >= 15 is 0 Å². The summed E-state index contributed by atoms with van der Waals surface area (Å²) in [5, 5.41) is 11.7. The van der Waals surface area contributed by atoms with Gasteiger partial charge in [-0.1, -0.05) is 13.0 Å². The summed E-state index contributed by atoms with van der Waals surface area (Å²) in [4.78, 5) is 24.7. The molecule has 0 saturated carbocycles. The van der Waals surface area contributed by atoms with Crippen molar-refractivity contribution in [2.75, 3.05) is 18.4 Å². The molecule has 1 heterocycles. The minimum absolute atomic E-state index is 0.00216. The Hall–Kier alpha value is -1.95. The van der Waals surface area contributed by atoms with Crippen LogP contribution in [-0.2, 0) is 9.59 Å². The van der Waals surface area contributed by atoms with Gasteiger partial charge in [0.05, 0.1) is 6.54 Å². The van der Waals surface area contributed by atoms with Gasteiger partial charge in [0.1, 0.15) is 11.9 Å². The molecular weight excluding hydrogens is 263 g/mol. The summed E-state index contributed by atoms with van der Waals surface area (Å²) >= 11 is 0.